The van der Waals surface area contributed by atoms with Crippen molar-refractivity contribution in [1.82, 2.24) is 5.32 Å². The van der Waals surface area contributed by atoms with E-state index in [2.05, 4.69) is 5.32 Å². The number of hydrogen-bond donors (Lipinski definition) is 1. The van der Waals surface area contributed by atoms with Crippen LogP contribution < -0.4 is 5.32 Å². The smallest absolute Gasteiger partial charge is 0.129 e. The molecule has 43 valence electrons. The summed E-state index contributed by atoms with van der Waals surface area (Å²) in [7, 11) is 0. The molecule has 1 aliphatic rings. The van der Waals surface area contributed by atoms with E-state index in [4.69, 9.17) is 23.2 Å². The molecule has 0 fully saturated rings. The predicted octanol–water partition coefficient (Wildman–Crippen LogP) is 1.95. The zero-order chi connectivity index (χ0) is 5.98. The molecule has 1 rings (SSSR count). The monoisotopic (exact) mass is 148 g/mol. The quantitative estimate of drug-likeness (QED) is 0.555. The van der Waals surface area contributed by atoms with Crippen LogP contribution in [0, 0.1) is 5.38 Å². The van der Waals surface area contributed by atoms with Crippen molar-refractivity contribution < 1.29 is 0 Å². The molecule has 0 amide bonds. The van der Waals surface area contributed by atoms with Gasteiger partial charge in [0.25, 0.3) is 0 Å². The molecule has 0 aromatic heterocycles. The molecule has 0 unspecified atom stereocenters. The molecule has 0 spiro atoms. The van der Waals surface area contributed by atoms with Crippen LogP contribution in [0.15, 0.2) is 23.5 Å². The summed E-state index contributed by atoms with van der Waals surface area (Å²) in [6.45, 7) is 0. The summed E-state index contributed by atoms with van der Waals surface area (Å²) >= 11 is 11.1. The minimum atomic E-state index is 0.550. The maximum atomic E-state index is 5.56. The average molecular weight is 149 g/mol. The second-order valence-electron chi connectivity index (χ2n) is 1.34. The molecule has 0 aromatic carbocycles. The zero-order valence-electron chi connectivity index (χ0n) is 3.99. The van der Waals surface area contributed by atoms with Crippen LogP contribution in [-0.4, -0.2) is 0 Å². The third kappa shape index (κ3) is 1.17. The third-order valence-corrected chi connectivity index (χ3v) is 1.50. The second-order valence-corrected chi connectivity index (χ2v) is 2.15. The maximum Gasteiger partial charge on any atom is 0.129 e. The first kappa shape index (κ1) is 5.99. The van der Waals surface area contributed by atoms with Crippen LogP contribution in [0.2, 0.25) is 0 Å². The highest BCUT2D eigenvalue weighted by molar-refractivity contribution is 6.42. The van der Waals surface area contributed by atoms with Crippen LogP contribution in [0.5, 0.6) is 0 Å². The van der Waals surface area contributed by atoms with Crippen LogP contribution in [-0.2, 0) is 0 Å². The second kappa shape index (κ2) is 2.42. The molecule has 0 aromatic rings. The van der Waals surface area contributed by atoms with E-state index in [1.54, 1.807) is 18.5 Å². The molecule has 0 aliphatic carbocycles. The highest BCUT2D eigenvalue weighted by Gasteiger charge is 2.07. The van der Waals surface area contributed by atoms with Crippen molar-refractivity contribution in [2.45, 2.75) is 0 Å². The Balaban J connectivity index is 2.63. The van der Waals surface area contributed by atoms with E-state index in [1.807, 2.05) is 0 Å². The fraction of sp³-hybridized carbons (Fsp3) is 0. The van der Waals surface area contributed by atoms with Crippen molar-refractivity contribution in [3.05, 3.63) is 28.9 Å². The van der Waals surface area contributed by atoms with Crippen molar-refractivity contribution in [3.63, 3.8) is 0 Å². The Kier molecular flexibility index (Phi) is 1.81. The molecule has 0 bridgehead atoms. The van der Waals surface area contributed by atoms with E-state index in [1.165, 1.54) is 0 Å². The van der Waals surface area contributed by atoms with Gasteiger partial charge in [-0.3, -0.25) is 0 Å². The van der Waals surface area contributed by atoms with Crippen LogP contribution in [0.25, 0.3) is 0 Å². The Morgan fingerprint density at radius 1 is 1.38 bits per heavy atom. The van der Waals surface area contributed by atoms with E-state index < -0.39 is 0 Å². The predicted molar refractivity (Wildman–Crippen MR) is 35.3 cm³/mol. The highest BCUT2D eigenvalue weighted by atomic mass is 35.5. The lowest BCUT2D eigenvalue weighted by atomic mass is 10.3. The van der Waals surface area contributed by atoms with Gasteiger partial charge in [-0.05, 0) is 12.3 Å². The molecule has 0 saturated heterocycles. The van der Waals surface area contributed by atoms with Crippen molar-refractivity contribution in [2.75, 3.05) is 0 Å². The van der Waals surface area contributed by atoms with E-state index in [0.29, 0.717) is 10.4 Å². The van der Waals surface area contributed by atoms with Gasteiger partial charge in [-0.2, -0.15) is 0 Å². The van der Waals surface area contributed by atoms with Gasteiger partial charge in [0.15, 0.2) is 0 Å². The molecular weight excluding hydrogens is 145 g/mol. The van der Waals surface area contributed by atoms with Crippen LogP contribution in [0.1, 0.15) is 0 Å². The molecule has 3 heteroatoms. The zero-order valence-corrected chi connectivity index (χ0v) is 5.50. The first-order valence-electron chi connectivity index (χ1n) is 2.12. The Labute approximate surface area is 58.0 Å². The number of halogens is 2. The van der Waals surface area contributed by atoms with Gasteiger partial charge in [-0.25, -0.2) is 0 Å². The Morgan fingerprint density at radius 2 is 2.12 bits per heavy atom. The number of nitrogens with one attached hydrogen (secondary N) is 1. The lowest BCUT2D eigenvalue weighted by molar-refractivity contribution is 1.15. The van der Waals surface area contributed by atoms with Crippen molar-refractivity contribution in [1.29, 1.82) is 0 Å². The molecule has 0 saturated carbocycles. The van der Waals surface area contributed by atoms with E-state index in [0.717, 1.165) is 0 Å². The summed E-state index contributed by atoms with van der Waals surface area (Å²) in [4.78, 5) is 0. The molecule has 1 radical (unpaired) electrons. The molecular formula is C5H4Cl2N. The molecule has 1 heterocycles. The summed E-state index contributed by atoms with van der Waals surface area (Å²) < 4.78 is 0. The number of rotatable bonds is 0. The number of hydrogen-bond acceptors (Lipinski definition) is 1. The fourth-order valence-corrected chi connectivity index (χ4v) is 0.635. The fourth-order valence-electron chi connectivity index (χ4n) is 0.391. The van der Waals surface area contributed by atoms with Gasteiger partial charge in [0.05, 0.1) is 5.03 Å². The number of dihydropyridines is 1. The minimum absolute atomic E-state index is 0.550. The summed E-state index contributed by atoms with van der Waals surface area (Å²) in [6, 6.07) is 0. The Morgan fingerprint density at radius 3 is 2.50 bits per heavy atom. The average Bonchev–Trinajstić information content (AvgIpc) is 1.77. The Hall–Kier alpha value is -0.140. The first-order chi connectivity index (χ1) is 3.80. The van der Waals surface area contributed by atoms with Gasteiger partial charge in [-0.1, -0.05) is 11.6 Å². The topological polar surface area (TPSA) is 12.0 Å². The molecule has 1 N–H and O–H groups in total. The standard InChI is InChI=1S/C5H4Cl2N/c6-4-1-2-8-3-5(4)7/h1-3,8H. The largest absolute Gasteiger partial charge is 0.367 e. The highest BCUT2D eigenvalue weighted by Crippen LogP contribution is 2.24. The lowest BCUT2D eigenvalue weighted by Gasteiger charge is -2.05. The third-order valence-electron chi connectivity index (χ3n) is 0.764. The summed E-state index contributed by atoms with van der Waals surface area (Å²) in [5.74, 6) is 0. The van der Waals surface area contributed by atoms with Gasteiger partial charge in [0.1, 0.15) is 5.38 Å². The lowest BCUT2D eigenvalue weighted by Crippen LogP contribution is -2.01. The van der Waals surface area contributed by atoms with Gasteiger partial charge < -0.3 is 5.32 Å². The Bertz CT molecular complexity index is 139. The molecule has 1 aliphatic heterocycles. The van der Waals surface area contributed by atoms with Crippen LogP contribution in [0.4, 0.5) is 0 Å². The summed E-state index contributed by atoms with van der Waals surface area (Å²) in [6.07, 6.45) is 5.04. The van der Waals surface area contributed by atoms with Crippen molar-refractivity contribution >= 4 is 23.2 Å². The molecule has 0 atom stereocenters. The molecule has 8 heavy (non-hydrogen) atoms. The first-order valence-corrected chi connectivity index (χ1v) is 2.87. The van der Waals surface area contributed by atoms with Crippen molar-refractivity contribution in [2.24, 2.45) is 0 Å². The maximum absolute atomic E-state index is 5.56. The van der Waals surface area contributed by atoms with E-state index in [9.17, 15) is 0 Å². The van der Waals surface area contributed by atoms with E-state index in [-0.39, 0.29) is 0 Å². The van der Waals surface area contributed by atoms with Crippen LogP contribution >= 0.6 is 23.2 Å². The summed E-state index contributed by atoms with van der Waals surface area (Å²) in [5.41, 5.74) is 0. The van der Waals surface area contributed by atoms with Crippen molar-refractivity contribution in [3.8, 4) is 0 Å². The van der Waals surface area contributed by atoms with Gasteiger partial charge in [0, 0.05) is 6.20 Å². The normalized spacial score (nSPS) is 20.0. The van der Waals surface area contributed by atoms with Gasteiger partial charge >= 0.3 is 0 Å². The van der Waals surface area contributed by atoms with Gasteiger partial charge in [0.2, 0.25) is 0 Å². The number of allylic oxidation sites excluding steroid dienone is 2. The minimum Gasteiger partial charge on any atom is -0.367 e. The van der Waals surface area contributed by atoms with Crippen LogP contribution in [0.3, 0.4) is 0 Å². The SMILES string of the molecule is Cl[C]1C=CNC=C1Cl. The molecule has 1 nitrogen and oxygen atoms in total. The van der Waals surface area contributed by atoms with Gasteiger partial charge in [-0.15, -0.1) is 11.6 Å². The summed E-state index contributed by atoms with van der Waals surface area (Å²) in [5, 5.41) is 3.91. The van der Waals surface area contributed by atoms with E-state index >= 15 is 0 Å².